The smallest absolute Gasteiger partial charge is 0.310 e. The monoisotopic (exact) mass is 295 g/mol. The molecule has 0 aromatic heterocycles. The number of carboxylic acids is 2. The number of nitrogens with two attached hydrogens (primary N) is 1. The van der Waals surface area contributed by atoms with E-state index in [1.54, 1.807) is 13.8 Å². The molecule has 4 atom stereocenters. The van der Waals surface area contributed by atoms with E-state index in [9.17, 15) is 19.5 Å². The highest BCUT2D eigenvalue weighted by Crippen LogP contribution is 2.38. The van der Waals surface area contributed by atoms with Crippen molar-refractivity contribution in [1.29, 1.82) is 0 Å². The summed E-state index contributed by atoms with van der Waals surface area (Å²) < 4.78 is 0. The summed E-state index contributed by atoms with van der Waals surface area (Å²) in [5.41, 5.74) is 5.18. The van der Waals surface area contributed by atoms with Crippen LogP contribution in [0.1, 0.15) is 26.7 Å². The zero-order valence-electron chi connectivity index (χ0n) is 12.2. The third kappa shape index (κ3) is 3.05. The summed E-state index contributed by atoms with van der Waals surface area (Å²) in [5, 5.41) is 18.4. The van der Waals surface area contributed by atoms with Gasteiger partial charge in [0.1, 0.15) is 6.29 Å². The van der Waals surface area contributed by atoms with Gasteiger partial charge in [-0.1, -0.05) is 32.1 Å². The van der Waals surface area contributed by atoms with E-state index < -0.39 is 35.2 Å². The number of carbonyl (C=O) groups excluding carboxylic acids is 1. The third-order valence-corrected chi connectivity index (χ3v) is 4.14. The largest absolute Gasteiger partial charge is 0.481 e. The quantitative estimate of drug-likeness (QED) is 0.608. The molecule has 0 amide bonds. The van der Waals surface area contributed by atoms with Crippen LogP contribution in [0.5, 0.6) is 0 Å². The number of rotatable bonds is 7. The topological polar surface area (TPSA) is 118 Å². The molecular weight excluding hydrogens is 274 g/mol. The summed E-state index contributed by atoms with van der Waals surface area (Å²) >= 11 is 0. The van der Waals surface area contributed by atoms with Crippen LogP contribution in [-0.2, 0) is 14.4 Å². The Kier molecular flexibility index (Phi) is 5.43. The highest BCUT2D eigenvalue weighted by atomic mass is 16.4. The molecule has 116 valence electrons. The summed E-state index contributed by atoms with van der Waals surface area (Å²) in [6.45, 7) is 3.42. The molecule has 6 heteroatoms. The second-order valence-corrected chi connectivity index (χ2v) is 5.24. The van der Waals surface area contributed by atoms with E-state index >= 15 is 0 Å². The standard InChI is InChI=1S/C15H21NO5/c1-3-10(13(18)19)9-5-6-15(8-17,12(16)7-9)11(4-2)14(20)21/h5-8,10-12H,3-4,16H2,1-2H3,(H,18,19)(H,20,21). The minimum atomic E-state index is -1.33. The lowest BCUT2D eigenvalue weighted by Crippen LogP contribution is -2.50. The summed E-state index contributed by atoms with van der Waals surface area (Å²) in [6, 6.07) is -0.857. The molecule has 4 N–H and O–H groups in total. The van der Waals surface area contributed by atoms with Crippen molar-refractivity contribution >= 4 is 18.2 Å². The van der Waals surface area contributed by atoms with E-state index in [1.165, 1.54) is 18.2 Å². The normalized spacial score (nSPS) is 27.6. The predicted octanol–water partition coefficient (Wildman–Crippen LogP) is 1.22. The minimum absolute atomic E-state index is 0.255. The van der Waals surface area contributed by atoms with E-state index in [1.807, 2.05) is 0 Å². The van der Waals surface area contributed by atoms with Crippen LogP contribution in [0.2, 0.25) is 0 Å². The van der Waals surface area contributed by atoms with Crippen LogP contribution < -0.4 is 5.73 Å². The number of allylic oxidation sites excluding steroid dienone is 1. The average Bonchev–Trinajstić information content (AvgIpc) is 2.42. The number of hydrogen-bond acceptors (Lipinski definition) is 4. The lowest BCUT2D eigenvalue weighted by atomic mass is 9.66. The van der Waals surface area contributed by atoms with Crippen molar-refractivity contribution in [2.45, 2.75) is 32.7 Å². The van der Waals surface area contributed by atoms with Gasteiger partial charge in [-0.2, -0.15) is 0 Å². The summed E-state index contributed by atoms with van der Waals surface area (Å²) in [7, 11) is 0. The molecule has 1 rings (SSSR count). The van der Waals surface area contributed by atoms with Crippen LogP contribution in [0, 0.1) is 17.3 Å². The highest BCUT2D eigenvalue weighted by molar-refractivity contribution is 5.81. The summed E-state index contributed by atoms with van der Waals surface area (Å²) in [5.74, 6) is -3.71. The Balaban J connectivity index is 3.21. The Bertz CT molecular complexity index is 496. The van der Waals surface area contributed by atoms with Gasteiger partial charge < -0.3 is 20.7 Å². The Morgan fingerprint density at radius 3 is 2.29 bits per heavy atom. The van der Waals surface area contributed by atoms with Crippen molar-refractivity contribution in [3.63, 3.8) is 0 Å². The van der Waals surface area contributed by atoms with Crippen LogP contribution >= 0.6 is 0 Å². The molecule has 0 saturated heterocycles. The molecular formula is C15H21NO5. The van der Waals surface area contributed by atoms with Gasteiger partial charge in [0.15, 0.2) is 0 Å². The Labute approximate surface area is 123 Å². The number of aliphatic carboxylic acids is 2. The molecule has 0 aliphatic heterocycles. The molecule has 0 aromatic rings. The van der Waals surface area contributed by atoms with Gasteiger partial charge in [0.25, 0.3) is 0 Å². The molecule has 0 heterocycles. The van der Waals surface area contributed by atoms with Gasteiger partial charge in [0.2, 0.25) is 0 Å². The first-order valence-electron chi connectivity index (χ1n) is 6.92. The van der Waals surface area contributed by atoms with E-state index in [0.29, 0.717) is 18.3 Å². The molecule has 0 saturated carbocycles. The number of aldehydes is 1. The van der Waals surface area contributed by atoms with E-state index in [2.05, 4.69) is 0 Å². The van der Waals surface area contributed by atoms with Crippen molar-refractivity contribution < 1.29 is 24.6 Å². The zero-order valence-corrected chi connectivity index (χ0v) is 12.2. The van der Waals surface area contributed by atoms with Gasteiger partial charge in [-0.3, -0.25) is 9.59 Å². The molecule has 0 spiro atoms. The van der Waals surface area contributed by atoms with E-state index in [4.69, 9.17) is 10.8 Å². The van der Waals surface area contributed by atoms with Crippen molar-refractivity contribution in [3.05, 3.63) is 23.8 Å². The van der Waals surface area contributed by atoms with Gasteiger partial charge in [-0.05, 0) is 18.4 Å². The molecule has 0 radical (unpaired) electrons. The molecule has 4 unspecified atom stereocenters. The maximum absolute atomic E-state index is 11.5. The molecule has 0 bridgehead atoms. The first kappa shape index (κ1) is 17.1. The molecule has 0 fully saturated rings. The first-order valence-corrected chi connectivity index (χ1v) is 6.92. The SMILES string of the molecule is CCC(C(=O)O)C1=CC(N)C(C=O)(C(CC)C(=O)O)C=C1. The summed E-state index contributed by atoms with van der Waals surface area (Å²) in [4.78, 5) is 34.1. The van der Waals surface area contributed by atoms with Crippen molar-refractivity contribution in [2.75, 3.05) is 0 Å². The predicted molar refractivity (Wildman–Crippen MR) is 76.5 cm³/mol. The van der Waals surface area contributed by atoms with Crippen LogP contribution in [0.15, 0.2) is 23.8 Å². The van der Waals surface area contributed by atoms with E-state index in [0.717, 1.165) is 0 Å². The molecule has 6 nitrogen and oxygen atoms in total. The van der Waals surface area contributed by atoms with Crippen molar-refractivity contribution in [1.82, 2.24) is 0 Å². The third-order valence-electron chi connectivity index (χ3n) is 4.14. The van der Waals surface area contributed by atoms with Gasteiger partial charge in [-0.15, -0.1) is 0 Å². The maximum Gasteiger partial charge on any atom is 0.310 e. The Morgan fingerprint density at radius 2 is 1.95 bits per heavy atom. The molecule has 0 aromatic carbocycles. The number of carboxylic acid groups (broad SMARTS) is 2. The number of carbonyl (C=O) groups is 3. The van der Waals surface area contributed by atoms with Crippen molar-refractivity contribution in [3.8, 4) is 0 Å². The van der Waals surface area contributed by atoms with Crippen molar-refractivity contribution in [2.24, 2.45) is 23.0 Å². The second kappa shape index (κ2) is 6.67. The van der Waals surface area contributed by atoms with Crippen LogP contribution in [0.3, 0.4) is 0 Å². The molecule has 1 aliphatic rings. The molecule has 21 heavy (non-hydrogen) atoms. The highest BCUT2D eigenvalue weighted by Gasteiger charge is 2.46. The average molecular weight is 295 g/mol. The second-order valence-electron chi connectivity index (χ2n) is 5.24. The summed E-state index contributed by atoms with van der Waals surface area (Å²) in [6.07, 6.45) is 5.68. The lowest BCUT2D eigenvalue weighted by molar-refractivity contribution is -0.148. The number of hydrogen-bond donors (Lipinski definition) is 3. The van der Waals surface area contributed by atoms with Crippen LogP contribution in [0.4, 0.5) is 0 Å². The Hall–Kier alpha value is -1.95. The fraction of sp³-hybridized carbons (Fsp3) is 0.533. The molecule has 1 aliphatic carbocycles. The van der Waals surface area contributed by atoms with E-state index in [-0.39, 0.29) is 6.42 Å². The van der Waals surface area contributed by atoms with Gasteiger partial charge >= 0.3 is 11.9 Å². The van der Waals surface area contributed by atoms with Gasteiger partial charge in [-0.25, -0.2) is 0 Å². The van der Waals surface area contributed by atoms with Gasteiger partial charge in [0, 0.05) is 6.04 Å². The lowest BCUT2D eigenvalue weighted by Gasteiger charge is -2.37. The maximum atomic E-state index is 11.5. The van der Waals surface area contributed by atoms with Crippen LogP contribution in [-0.4, -0.2) is 34.5 Å². The fourth-order valence-electron chi connectivity index (χ4n) is 2.83. The minimum Gasteiger partial charge on any atom is -0.481 e. The first-order chi connectivity index (χ1) is 9.83. The fourth-order valence-corrected chi connectivity index (χ4v) is 2.83. The Morgan fingerprint density at radius 1 is 1.33 bits per heavy atom. The van der Waals surface area contributed by atoms with Gasteiger partial charge in [0.05, 0.1) is 17.3 Å². The van der Waals surface area contributed by atoms with Crippen LogP contribution in [0.25, 0.3) is 0 Å². The zero-order chi connectivity index (χ0) is 16.2.